The van der Waals surface area contributed by atoms with Crippen LogP contribution in [0.15, 0.2) is 30.3 Å². The average molecular weight is 626 g/mol. The second-order valence-corrected chi connectivity index (χ2v) is 15.0. The molecule has 0 radical (unpaired) electrons. The van der Waals surface area contributed by atoms with Crippen molar-refractivity contribution in [3.05, 3.63) is 35.3 Å². The number of amides is 3. The van der Waals surface area contributed by atoms with Crippen LogP contribution in [-0.2, 0) is 19.2 Å². The molecule has 4 atom stereocenters. The van der Waals surface area contributed by atoms with E-state index in [-0.39, 0.29) is 48.2 Å². The van der Waals surface area contributed by atoms with Crippen molar-refractivity contribution in [2.24, 2.45) is 11.3 Å². The van der Waals surface area contributed by atoms with E-state index in [0.717, 1.165) is 49.1 Å². The number of nitrogens with zero attached hydrogens (tertiary/aromatic N) is 5. The van der Waals surface area contributed by atoms with Crippen molar-refractivity contribution in [1.29, 1.82) is 0 Å². The molecule has 4 heterocycles. The fraction of sp³-hybridized carbons (Fsp3) is 0.636. The number of unbranched alkanes of at least 4 members (excludes halogenated alkanes) is 1. The summed E-state index contributed by atoms with van der Waals surface area (Å²) in [6.07, 6.45) is 5.01. The lowest BCUT2D eigenvalue weighted by Crippen LogP contribution is -2.74. The highest BCUT2D eigenvalue weighted by atomic mass is 32.1. The van der Waals surface area contributed by atoms with Gasteiger partial charge in [-0.3, -0.25) is 19.2 Å². The predicted octanol–water partition coefficient (Wildman–Crippen LogP) is 4.15. The molecule has 0 saturated carbocycles. The van der Waals surface area contributed by atoms with E-state index in [4.69, 9.17) is 4.84 Å². The van der Waals surface area contributed by atoms with Gasteiger partial charge >= 0.3 is 0 Å². The molecule has 11 heteroatoms. The third-order valence-corrected chi connectivity index (χ3v) is 9.59. The van der Waals surface area contributed by atoms with Crippen LogP contribution in [0.5, 0.6) is 0 Å². The van der Waals surface area contributed by atoms with E-state index in [1.54, 1.807) is 11.0 Å². The van der Waals surface area contributed by atoms with Crippen molar-refractivity contribution >= 4 is 45.4 Å². The summed E-state index contributed by atoms with van der Waals surface area (Å²) in [5, 5.41) is 11.3. The number of para-hydroxylation sites is 1. The molecule has 44 heavy (non-hydrogen) atoms. The van der Waals surface area contributed by atoms with Gasteiger partial charge in [0.1, 0.15) is 11.0 Å². The number of fused-ring (bicyclic) bond motifs is 2. The van der Waals surface area contributed by atoms with E-state index >= 15 is 0 Å². The first-order valence-corrected chi connectivity index (χ1v) is 16.8. The number of thiazole rings is 1. The van der Waals surface area contributed by atoms with Crippen LogP contribution < -0.4 is 0 Å². The topological polar surface area (TPSA) is 107 Å². The maximum absolute atomic E-state index is 14.3. The minimum Gasteiger partial charge on any atom is -0.396 e. The summed E-state index contributed by atoms with van der Waals surface area (Å²) in [5.41, 5.74) is 0.647. The molecule has 2 aromatic rings. The van der Waals surface area contributed by atoms with E-state index < -0.39 is 18.3 Å². The summed E-state index contributed by atoms with van der Waals surface area (Å²) in [5.74, 6) is -0.484. The van der Waals surface area contributed by atoms with Gasteiger partial charge in [0, 0.05) is 31.8 Å². The van der Waals surface area contributed by atoms with Crippen LogP contribution >= 0.6 is 11.3 Å². The van der Waals surface area contributed by atoms with Gasteiger partial charge in [0.15, 0.2) is 12.3 Å². The normalized spacial score (nSPS) is 25.2. The summed E-state index contributed by atoms with van der Waals surface area (Å²) in [6, 6.07) is 7.14. The Morgan fingerprint density at radius 2 is 1.93 bits per heavy atom. The molecule has 0 spiro atoms. The van der Waals surface area contributed by atoms with Gasteiger partial charge in [-0.25, -0.2) is 4.98 Å². The first-order valence-electron chi connectivity index (χ1n) is 15.9. The summed E-state index contributed by atoms with van der Waals surface area (Å²) in [6.45, 7) is 13.1. The van der Waals surface area contributed by atoms with Crippen molar-refractivity contribution in [3.8, 4) is 0 Å². The van der Waals surface area contributed by atoms with Crippen molar-refractivity contribution < 1.29 is 24.3 Å². The number of aromatic nitrogens is 1. The molecule has 5 rings (SSSR count). The molecular formula is C33H47N5O5S. The number of benzene rings is 1. The van der Waals surface area contributed by atoms with Gasteiger partial charge < -0.3 is 19.8 Å². The molecule has 1 aromatic carbocycles. The third-order valence-electron chi connectivity index (χ3n) is 8.58. The summed E-state index contributed by atoms with van der Waals surface area (Å²) < 4.78 is 1.04. The van der Waals surface area contributed by atoms with E-state index in [0.29, 0.717) is 17.8 Å². The Bertz CT molecular complexity index is 1340. The van der Waals surface area contributed by atoms with E-state index in [2.05, 4.69) is 30.7 Å². The number of aliphatic hydroxyl groups excluding tert-OH is 1. The van der Waals surface area contributed by atoms with E-state index in [9.17, 15) is 19.5 Å². The third kappa shape index (κ3) is 7.33. The average Bonchev–Trinajstić information content (AvgIpc) is 3.60. The van der Waals surface area contributed by atoms with Crippen LogP contribution in [0.25, 0.3) is 16.3 Å². The number of carbonyl (C=O) groups is 3. The maximum Gasteiger partial charge on any atom is 0.272 e. The quantitative estimate of drug-likeness (QED) is 0.312. The smallest absolute Gasteiger partial charge is 0.272 e. The molecule has 1 aromatic heterocycles. The molecule has 0 bridgehead atoms. The van der Waals surface area contributed by atoms with Crippen LogP contribution in [0.2, 0.25) is 0 Å². The molecular weight excluding hydrogens is 578 g/mol. The fourth-order valence-corrected chi connectivity index (χ4v) is 7.41. The van der Waals surface area contributed by atoms with Gasteiger partial charge in [0.2, 0.25) is 5.91 Å². The van der Waals surface area contributed by atoms with Gasteiger partial charge in [-0.1, -0.05) is 46.8 Å². The van der Waals surface area contributed by atoms with Gasteiger partial charge in [-0.2, -0.15) is 5.06 Å². The number of likely N-dealkylation sites (tertiary alicyclic amines) is 1. The Hall–Kier alpha value is -2.86. The molecule has 0 aliphatic carbocycles. The standard InChI is InChI=1S/C33H47N5O5S/c1-22(2)18-26-32(42)37-25(19-33(3,4)5)31(41)36(23-14-16-35(20-23)15-8-9-17-39)21-29(37)38(43-26)30(40)13-12-28-34-24-10-6-7-11-27(24)44-28/h6-7,10-13,22-23,25-26,29,39H,8-9,14-21H2,1-5H3/b13-12+/t23-,25+,26+,29-/m1/s1. The van der Waals surface area contributed by atoms with Crippen molar-refractivity contribution in [2.45, 2.75) is 91.1 Å². The monoisotopic (exact) mass is 625 g/mol. The number of hydrogen-bond donors (Lipinski definition) is 1. The van der Waals surface area contributed by atoms with Gasteiger partial charge in [0.05, 0.1) is 16.8 Å². The maximum atomic E-state index is 14.3. The van der Waals surface area contributed by atoms with Crippen LogP contribution in [0, 0.1) is 11.3 Å². The second kappa shape index (κ2) is 13.6. The molecule has 3 aliphatic heterocycles. The molecule has 3 amide bonds. The van der Waals surface area contributed by atoms with Crippen LogP contribution in [-0.4, -0.2) is 105 Å². The number of piperazine rings is 1. The summed E-state index contributed by atoms with van der Waals surface area (Å²) in [4.78, 5) is 59.0. The summed E-state index contributed by atoms with van der Waals surface area (Å²) >= 11 is 1.50. The Morgan fingerprint density at radius 3 is 2.64 bits per heavy atom. The van der Waals surface area contributed by atoms with Crippen LogP contribution in [0.4, 0.5) is 0 Å². The number of rotatable bonds is 10. The predicted molar refractivity (Wildman–Crippen MR) is 171 cm³/mol. The zero-order chi connectivity index (χ0) is 31.6. The number of aliphatic hydroxyl groups is 1. The number of hydrogen-bond acceptors (Lipinski definition) is 8. The molecule has 240 valence electrons. The van der Waals surface area contributed by atoms with Crippen molar-refractivity contribution in [2.75, 3.05) is 32.8 Å². The highest BCUT2D eigenvalue weighted by molar-refractivity contribution is 7.19. The molecule has 1 N–H and O–H groups in total. The fourth-order valence-electron chi connectivity index (χ4n) is 6.54. The Balaban J connectivity index is 1.45. The van der Waals surface area contributed by atoms with Crippen molar-refractivity contribution in [1.82, 2.24) is 24.7 Å². The molecule has 3 fully saturated rings. The van der Waals surface area contributed by atoms with Gasteiger partial charge in [0.25, 0.3) is 11.8 Å². The Labute approximate surface area is 264 Å². The molecule has 3 aliphatic rings. The first-order chi connectivity index (χ1) is 20.9. The minimum atomic E-state index is -0.846. The molecule has 0 unspecified atom stereocenters. The zero-order valence-electron chi connectivity index (χ0n) is 26.6. The lowest BCUT2D eigenvalue weighted by atomic mass is 9.85. The number of carbonyl (C=O) groups excluding carboxylic acids is 3. The number of hydroxylamine groups is 2. The second-order valence-electron chi connectivity index (χ2n) is 13.9. The van der Waals surface area contributed by atoms with Crippen molar-refractivity contribution in [3.63, 3.8) is 0 Å². The lowest BCUT2D eigenvalue weighted by molar-refractivity contribution is -0.275. The Kier molecular flexibility index (Phi) is 10.1. The molecule has 3 saturated heterocycles. The SMILES string of the molecule is CC(C)C[C@@H]1ON(C(=O)/C=C/c2nc3ccccc3s2)[C@@H]2CN([C@@H]3CCN(CCCCO)C3)C(=O)[C@H](CC(C)(C)C)N2C1=O. The van der Waals surface area contributed by atoms with Crippen LogP contribution in [0.3, 0.4) is 0 Å². The zero-order valence-corrected chi connectivity index (χ0v) is 27.5. The van der Waals surface area contributed by atoms with E-state index in [1.165, 1.54) is 22.5 Å². The molecule has 10 nitrogen and oxygen atoms in total. The summed E-state index contributed by atoms with van der Waals surface area (Å²) in [7, 11) is 0. The highest BCUT2D eigenvalue weighted by Crippen LogP contribution is 2.36. The van der Waals surface area contributed by atoms with E-state index in [1.807, 2.05) is 43.0 Å². The van der Waals surface area contributed by atoms with Gasteiger partial charge in [-0.15, -0.1) is 11.3 Å². The van der Waals surface area contributed by atoms with Gasteiger partial charge in [-0.05, 0) is 68.2 Å². The minimum absolute atomic E-state index is 0.0139. The highest BCUT2D eigenvalue weighted by Gasteiger charge is 2.54. The first kappa shape index (κ1) is 32.5. The lowest BCUT2D eigenvalue weighted by Gasteiger charge is -2.54. The van der Waals surface area contributed by atoms with Crippen LogP contribution in [0.1, 0.15) is 71.7 Å². The largest absolute Gasteiger partial charge is 0.396 e. The Morgan fingerprint density at radius 1 is 1.16 bits per heavy atom.